The number of sulfone groups is 1. The number of aliphatic hydroxyl groups excluding tert-OH is 1. The van der Waals surface area contributed by atoms with Gasteiger partial charge in [0.15, 0.2) is 15.6 Å². The summed E-state index contributed by atoms with van der Waals surface area (Å²) in [4.78, 5) is 99.7. The molecule has 0 saturated carbocycles. The summed E-state index contributed by atoms with van der Waals surface area (Å²) in [5.41, 5.74) is 5.23. The monoisotopic (exact) mass is 704 g/mol. The molecule has 48 heavy (non-hydrogen) atoms. The van der Waals surface area contributed by atoms with Crippen molar-refractivity contribution >= 4 is 57.0 Å². The van der Waals surface area contributed by atoms with Crippen molar-refractivity contribution in [3.05, 3.63) is 11.5 Å². The molecule has 0 heterocycles. The molecule has 0 aliphatic rings. The van der Waals surface area contributed by atoms with Gasteiger partial charge in [-0.15, -0.1) is 0 Å². The number of aliphatic hydroxyl groups is 1. The standard InChI is InChI=1S/C29H48N6O12S/c1-7-16(4)25(31-17(5)37)29(45)35-21(14-36)28(44)32-18(8-9-23(30)39)26(42)34-20(12-15(2)3)27(43)33-19(13-24(40)41)22(38)10-11-48(6,46)47/h10-11,15-16,18-21,25,36H,7-9,12-14H2,1-6H3,(H2,30,39)(H,31,37)(H,32,44)(H,33,43)(H,34,42)(H,35,45)(H,40,41)/b11-10+/t16-,18-,19-,20-,21-,25-/m0/s1. The summed E-state index contributed by atoms with van der Waals surface area (Å²) in [7, 11) is -3.76. The maximum Gasteiger partial charge on any atom is 0.305 e. The Hall–Kier alpha value is -4.39. The lowest BCUT2D eigenvalue weighted by atomic mass is 9.98. The van der Waals surface area contributed by atoms with Crippen molar-refractivity contribution < 1.29 is 57.0 Å². The molecule has 0 unspecified atom stereocenters. The lowest BCUT2D eigenvalue weighted by Crippen LogP contribution is -2.60. The number of ketones is 1. The molecule has 19 heteroatoms. The zero-order chi connectivity index (χ0) is 37.4. The zero-order valence-electron chi connectivity index (χ0n) is 27.9. The molecule has 0 aliphatic carbocycles. The highest BCUT2D eigenvalue weighted by molar-refractivity contribution is 7.93. The first-order chi connectivity index (χ1) is 22.1. The van der Waals surface area contributed by atoms with Gasteiger partial charge in [0, 0.05) is 25.0 Å². The van der Waals surface area contributed by atoms with Crippen LogP contribution < -0.4 is 32.3 Å². The average Bonchev–Trinajstić information content (AvgIpc) is 2.96. The second-order valence-electron chi connectivity index (χ2n) is 11.8. The minimum absolute atomic E-state index is 0.0449. The third-order valence-electron chi connectivity index (χ3n) is 6.84. The van der Waals surface area contributed by atoms with Gasteiger partial charge < -0.3 is 42.5 Å². The number of nitrogens with two attached hydrogens (primary N) is 1. The molecule has 9 N–H and O–H groups in total. The number of carboxylic acid groups (broad SMARTS) is 1. The van der Waals surface area contributed by atoms with Crippen LogP contribution in [0.1, 0.15) is 66.7 Å². The third kappa shape index (κ3) is 17.5. The van der Waals surface area contributed by atoms with Crippen LogP contribution in [0.5, 0.6) is 0 Å². The summed E-state index contributed by atoms with van der Waals surface area (Å²) in [6.07, 6.45) is 0.158. The van der Waals surface area contributed by atoms with Crippen LogP contribution >= 0.6 is 0 Å². The van der Waals surface area contributed by atoms with Crippen LogP contribution in [-0.4, -0.2) is 109 Å². The van der Waals surface area contributed by atoms with Crippen LogP contribution in [0.2, 0.25) is 0 Å². The molecular formula is C29H48N6O12S. The molecule has 0 saturated heterocycles. The topological polar surface area (TPSA) is 297 Å². The van der Waals surface area contributed by atoms with Crippen LogP contribution in [-0.2, 0) is 48.2 Å². The third-order valence-corrected chi connectivity index (χ3v) is 7.47. The molecule has 0 spiro atoms. The number of aliphatic carboxylic acids is 1. The first kappa shape index (κ1) is 43.6. The minimum atomic E-state index is -3.76. The van der Waals surface area contributed by atoms with E-state index < -0.39 is 107 Å². The number of hydrogen-bond acceptors (Lipinski definition) is 11. The first-order valence-corrected chi connectivity index (χ1v) is 17.1. The van der Waals surface area contributed by atoms with Crippen molar-refractivity contribution in [2.24, 2.45) is 17.6 Å². The van der Waals surface area contributed by atoms with E-state index in [1.54, 1.807) is 27.7 Å². The van der Waals surface area contributed by atoms with Crippen molar-refractivity contribution in [3.8, 4) is 0 Å². The molecule has 0 aromatic heterocycles. The van der Waals surface area contributed by atoms with E-state index in [1.807, 2.05) is 0 Å². The highest BCUT2D eigenvalue weighted by atomic mass is 32.2. The summed E-state index contributed by atoms with van der Waals surface area (Å²) >= 11 is 0. The number of rotatable bonds is 22. The van der Waals surface area contributed by atoms with Gasteiger partial charge in [0.1, 0.15) is 30.2 Å². The fourth-order valence-corrected chi connectivity index (χ4v) is 4.54. The van der Waals surface area contributed by atoms with Crippen LogP contribution in [0, 0.1) is 11.8 Å². The second-order valence-corrected chi connectivity index (χ2v) is 13.7. The molecule has 0 aromatic carbocycles. The highest BCUT2D eigenvalue weighted by Gasteiger charge is 2.33. The number of nitrogens with one attached hydrogen (secondary N) is 5. The smallest absolute Gasteiger partial charge is 0.305 e. The molecule has 0 radical (unpaired) electrons. The summed E-state index contributed by atoms with van der Waals surface area (Å²) in [5, 5.41) is 31.4. The zero-order valence-corrected chi connectivity index (χ0v) is 28.7. The predicted molar refractivity (Wildman–Crippen MR) is 171 cm³/mol. The summed E-state index contributed by atoms with van der Waals surface area (Å²) in [6.45, 7) is 7.13. The Labute approximate surface area is 279 Å². The van der Waals surface area contributed by atoms with Crippen molar-refractivity contribution in [2.75, 3.05) is 12.9 Å². The second kappa shape index (κ2) is 20.8. The lowest BCUT2D eigenvalue weighted by Gasteiger charge is -2.27. The predicted octanol–water partition coefficient (Wildman–Crippen LogP) is -2.62. The minimum Gasteiger partial charge on any atom is -0.481 e. The Balaban J connectivity index is 6.15. The van der Waals surface area contributed by atoms with Gasteiger partial charge in [-0.1, -0.05) is 34.1 Å². The number of hydrogen-bond donors (Lipinski definition) is 8. The number of carbonyl (C=O) groups is 8. The van der Waals surface area contributed by atoms with Gasteiger partial charge in [0.25, 0.3) is 0 Å². The van der Waals surface area contributed by atoms with E-state index in [1.165, 1.54) is 6.92 Å². The molecule has 18 nitrogen and oxygen atoms in total. The van der Waals surface area contributed by atoms with Gasteiger partial charge in [0.05, 0.1) is 13.0 Å². The van der Waals surface area contributed by atoms with E-state index in [-0.39, 0.29) is 24.7 Å². The number of primary amides is 1. The molecular weight excluding hydrogens is 656 g/mol. The Morgan fingerprint density at radius 2 is 1.29 bits per heavy atom. The summed E-state index contributed by atoms with van der Waals surface area (Å²) in [5.74, 6) is -8.30. The van der Waals surface area contributed by atoms with E-state index in [2.05, 4.69) is 26.6 Å². The van der Waals surface area contributed by atoms with E-state index in [4.69, 9.17) is 5.73 Å². The Morgan fingerprint density at radius 3 is 1.75 bits per heavy atom. The van der Waals surface area contributed by atoms with Crippen molar-refractivity contribution in [3.63, 3.8) is 0 Å². The Bertz CT molecular complexity index is 1330. The van der Waals surface area contributed by atoms with Gasteiger partial charge in [-0.2, -0.15) is 0 Å². The van der Waals surface area contributed by atoms with Crippen molar-refractivity contribution in [1.29, 1.82) is 0 Å². The number of carbonyl (C=O) groups excluding carboxylic acids is 7. The van der Waals surface area contributed by atoms with Crippen LogP contribution in [0.25, 0.3) is 0 Å². The normalized spacial score (nSPS) is 15.2. The van der Waals surface area contributed by atoms with Crippen LogP contribution in [0.4, 0.5) is 0 Å². The SMILES string of the molecule is CC[C@H](C)[C@H](NC(C)=O)C(=O)N[C@@H](CO)C(=O)N[C@@H](CCC(N)=O)C(=O)N[C@@H](CC(C)C)C(=O)N[C@@H](CC(=O)O)C(=O)/C=C/S(C)(=O)=O. The number of carboxylic acids is 1. The maximum atomic E-state index is 13.4. The molecule has 0 fully saturated rings. The number of amides is 6. The van der Waals surface area contributed by atoms with Gasteiger partial charge in [-0.25, -0.2) is 8.42 Å². The summed E-state index contributed by atoms with van der Waals surface area (Å²) < 4.78 is 22.8. The molecule has 0 rings (SSSR count). The largest absolute Gasteiger partial charge is 0.481 e. The van der Waals surface area contributed by atoms with Gasteiger partial charge in [-0.3, -0.25) is 38.4 Å². The molecule has 0 aliphatic heterocycles. The maximum absolute atomic E-state index is 13.4. The van der Waals surface area contributed by atoms with Crippen LogP contribution in [0.3, 0.4) is 0 Å². The van der Waals surface area contributed by atoms with Crippen molar-refractivity contribution in [2.45, 2.75) is 96.9 Å². The molecule has 0 aromatic rings. The Kier molecular flexibility index (Phi) is 18.9. The van der Waals surface area contributed by atoms with E-state index in [9.17, 15) is 57.0 Å². The van der Waals surface area contributed by atoms with Gasteiger partial charge >= 0.3 is 5.97 Å². The molecule has 272 valence electrons. The first-order valence-electron chi connectivity index (χ1n) is 15.1. The fourth-order valence-electron chi connectivity index (χ4n) is 4.16. The molecule has 6 amide bonds. The van der Waals surface area contributed by atoms with Crippen molar-refractivity contribution in [1.82, 2.24) is 26.6 Å². The molecule has 6 atom stereocenters. The quantitative estimate of drug-likeness (QED) is 0.0538. The van der Waals surface area contributed by atoms with E-state index in [0.29, 0.717) is 17.9 Å². The van der Waals surface area contributed by atoms with E-state index >= 15 is 0 Å². The fraction of sp³-hybridized carbons (Fsp3) is 0.655. The van der Waals surface area contributed by atoms with Gasteiger partial charge in [-0.05, 0) is 30.8 Å². The van der Waals surface area contributed by atoms with E-state index in [0.717, 1.165) is 6.26 Å². The Morgan fingerprint density at radius 1 is 0.792 bits per heavy atom. The highest BCUT2D eigenvalue weighted by Crippen LogP contribution is 2.10. The molecule has 0 bridgehead atoms. The lowest BCUT2D eigenvalue weighted by molar-refractivity contribution is -0.140. The average molecular weight is 705 g/mol. The van der Waals surface area contributed by atoms with Gasteiger partial charge in [0.2, 0.25) is 35.4 Å². The summed E-state index contributed by atoms with van der Waals surface area (Å²) in [6, 6.07) is -7.28. The van der Waals surface area contributed by atoms with Crippen LogP contribution in [0.15, 0.2) is 11.5 Å².